The fraction of sp³-hybridized carbons (Fsp3) is 0.273. The first-order valence-corrected chi connectivity index (χ1v) is 7.97. The van der Waals surface area contributed by atoms with Crippen molar-refractivity contribution < 1.29 is 13.6 Å². The number of thiazole rings is 1. The van der Waals surface area contributed by atoms with Gasteiger partial charge in [0.25, 0.3) is 11.8 Å². The lowest BCUT2D eigenvalue weighted by molar-refractivity contribution is 0.0118. The largest absolute Gasteiger partial charge is 0.345 e. The van der Waals surface area contributed by atoms with Gasteiger partial charge in [0.15, 0.2) is 0 Å². The van der Waals surface area contributed by atoms with Crippen LogP contribution in [-0.2, 0) is 0 Å². The third-order valence-corrected chi connectivity index (χ3v) is 4.96. The normalized spacial score (nSPS) is 11.6. The summed E-state index contributed by atoms with van der Waals surface area (Å²) in [4.78, 5) is 16.8. The van der Waals surface area contributed by atoms with Gasteiger partial charge in [0.1, 0.15) is 10.7 Å². The van der Waals surface area contributed by atoms with Crippen molar-refractivity contribution in [1.29, 1.82) is 0 Å². The van der Waals surface area contributed by atoms with Crippen molar-refractivity contribution in [3.8, 4) is 9.88 Å². The van der Waals surface area contributed by atoms with Crippen molar-refractivity contribution in [2.75, 3.05) is 13.1 Å². The Bertz CT molecular complexity index is 614. The summed E-state index contributed by atoms with van der Waals surface area (Å²) < 4.78 is 26.8. The molecule has 2 heterocycles. The summed E-state index contributed by atoms with van der Waals surface area (Å²) in [5, 5.41) is 4.35. The number of thiophene rings is 1. The van der Waals surface area contributed by atoms with Gasteiger partial charge in [-0.2, -0.15) is 0 Å². The van der Waals surface area contributed by atoms with E-state index in [2.05, 4.69) is 26.2 Å². The minimum atomic E-state index is -3.10. The molecule has 9 heteroatoms. The monoisotopic (exact) mass is 381 g/mol. The van der Waals surface area contributed by atoms with Crippen LogP contribution in [0.25, 0.3) is 9.88 Å². The molecular weight excluding hydrogens is 372 g/mol. The highest BCUT2D eigenvalue weighted by molar-refractivity contribution is 9.11. The maximum absolute atomic E-state index is 12.9. The van der Waals surface area contributed by atoms with E-state index in [1.54, 1.807) is 5.38 Å². The molecular formula is C11H10BrF2N3OS2. The molecule has 0 bridgehead atoms. The number of nitrogens with two attached hydrogens (primary N) is 1. The van der Waals surface area contributed by atoms with E-state index in [1.807, 2.05) is 12.1 Å². The predicted molar refractivity (Wildman–Crippen MR) is 79.5 cm³/mol. The zero-order valence-corrected chi connectivity index (χ0v) is 13.2. The van der Waals surface area contributed by atoms with Crippen molar-refractivity contribution in [3.63, 3.8) is 0 Å². The van der Waals surface area contributed by atoms with Gasteiger partial charge < -0.3 is 11.1 Å². The van der Waals surface area contributed by atoms with Crippen LogP contribution in [0.1, 0.15) is 10.5 Å². The molecule has 1 amide bonds. The highest BCUT2D eigenvalue weighted by atomic mass is 79.9. The number of hydrogen-bond acceptors (Lipinski definition) is 5. The van der Waals surface area contributed by atoms with E-state index in [9.17, 15) is 13.6 Å². The number of rotatable bonds is 5. The number of amides is 1. The van der Waals surface area contributed by atoms with Gasteiger partial charge in [-0.1, -0.05) is 0 Å². The van der Waals surface area contributed by atoms with Crippen LogP contribution in [0.4, 0.5) is 8.78 Å². The number of nitrogens with one attached hydrogen (secondary N) is 1. The number of carbonyl (C=O) groups excluding carboxylic acids is 1. The van der Waals surface area contributed by atoms with Crippen LogP contribution in [0, 0.1) is 0 Å². The number of hydrogen-bond donors (Lipinski definition) is 2. The van der Waals surface area contributed by atoms with Gasteiger partial charge in [-0.3, -0.25) is 4.79 Å². The second-order valence-corrected chi connectivity index (χ2v) is 7.21. The molecule has 2 aromatic rings. The first kappa shape index (κ1) is 15.5. The summed E-state index contributed by atoms with van der Waals surface area (Å²) in [5.74, 6) is -3.73. The van der Waals surface area contributed by atoms with Crippen LogP contribution < -0.4 is 11.1 Å². The van der Waals surface area contributed by atoms with E-state index in [4.69, 9.17) is 5.73 Å². The number of alkyl halides is 2. The molecule has 0 unspecified atom stereocenters. The Labute approximate surface area is 130 Å². The summed E-state index contributed by atoms with van der Waals surface area (Å²) in [6, 6.07) is 3.75. The van der Waals surface area contributed by atoms with E-state index in [-0.39, 0.29) is 5.69 Å². The molecule has 0 aliphatic carbocycles. The van der Waals surface area contributed by atoms with Gasteiger partial charge >= 0.3 is 0 Å². The fourth-order valence-corrected chi connectivity index (χ4v) is 3.55. The van der Waals surface area contributed by atoms with Crippen molar-refractivity contribution in [2.45, 2.75) is 5.92 Å². The second kappa shape index (κ2) is 6.25. The summed E-state index contributed by atoms with van der Waals surface area (Å²) >= 11 is 6.11. The smallest absolute Gasteiger partial charge is 0.277 e. The van der Waals surface area contributed by atoms with Crippen molar-refractivity contribution in [3.05, 3.63) is 27.0 Å². The molecule has 0 aromatic carbocycles. The number of aromatic nitrogens is 1. The molecule has 2 aromatic heterocycles. The van der Waals surface area contributed by atoms with E-state index < -0.39 is 24.9 Å². The lowest BCUT2D eigenvalue weighted by atomic mass is 10.3. The van der Waals surface area contributed by atoms with E-state index in [0.29, 0.717) is 5.01 Å². The summed E-state index contributed by atoms with van der Waals surface area (Å²) in [6.07, 6.45) is 0. The molecule has 0 aliphatic heterocycles. The van der Waals surface area contributed by atoms with E-state index >= 15 is 0 Å². The predicted octanol–water partition coefficient (Wildman–Crippen LogP) is 2.96. The van der Waals surface area contributed by atoms with Crippen LogP contribution in [0.15, 0.2) is 21.3 Å². The Kier molecular flexibility index (Phi) is 4.84. The van der Waals surface area contributed by atoms with Gasteiger partial charge in [0.2, 0.25) is 0 Å². The van der Waals surface area contributed by atoms with Crippen molar-refractivity contribution in [2.24, 2.45) is 5.73 Å². The second-order valence-electron chi connectivity index (χ2n) is 3.88. The molecule has 4 nitrogen and oxygen atoms in total. The molecule has 0 radical (unpaired) electrons. The van der Waals surface area contributed by atoms with Gasteiger partial charge in [-0.05, 0) is 28.1 Å². The minimum absolute atomic E-state index is 0.127. The molecule has 0 spiro atoms. The zero-order chi connectivity index (χ0) is 14.8. The molecule has 0 atom stereocenters. The first-order valence-electron chi connectivity index (χ1n) is 5.48. The standard InChI is InChI=1S/C11H10BrF2N3OS2/c12-8-2-1-7(20-8)10-17-6(3-19-10)9(18)16-5-11(13,14)4-15/h1-3H,4-5,15H2,(H,16,18). The van der Waals surface area contributed by atoms with Crippen LogP contribution in [0.5, 0.6) is 0 Å². The summed E-state index contributed by atoms with van der Waals surface area (Å²) in [5.41, 5.74) is 5.02. The van der Waals surface area contributed by atoms with Crippen LogP contribution in [0.3, 0.4) is 0 Å². The molecule has 3 N–H and O–H groups in total. The van der Waals surface area contributed by atoms with Crippen molar-refractivity contribution >= 4 is 44.5 Å². The Hall–Kier alpha value is -0.900. The molecule has 0 saturated carbocycles. The Balaban J connectivity index is 2.03. The SMILES string of the molecule is NCC(F)(F)CNC(=O)c1csc(-c2ccc(Br)s2)n1. The van der Waals surface area contributed by atoms with Crippen LogP contribution in [-0.4, -0.2) is 29.9 Å². The topological polar surface area (TPSA) is 68.0 Å². The van der Waals surface area contributed by atoms with Crippen LogP contribution >= 0.6 is 38.6 Å². The third-order valence-electron chi connectivity index (χ3n) is 2.33. The minimum Gasteiger partial charge on any atom is -0.345 e. The molecule has 2 rings (SSSR count). The number of halogens is 3. The first-order chi connectivity index (χ1) is 9.41. The zero-order valence-electron chi connectivity index (χ0n) is 10.0. The fourth-order valence-electron chi connectivity index (χ4n) is 1.29. The maximum Gasteiger partial charge on any atom is 0.277 e. The summed E-state index contributed by atoms with van der Waals surface area (Å²) in [6.45, 7) is -1.60. The number of nitrogens with zero attached hydrogens (tertiary/aromatic N) is 1. The molecule has 108 valence electrons. The Morgan fingerprint density at radius 2 is 2.25 bits per heavy atom. The maximum atomic E-state index is 12.9. The van der Waals surface area contributed by atoms with E-state index in [0.717, 1.165) is 8.66 Å². The Morgan fingerprint density at radius 3 is 2.85 bits per heavy atom. The third kappa shape index (κ3) is 3.81. The molecule has 0 fully saturated rings. The number of carbonyl (C=O) groups is 1. The van der Waals surface area contributed by atoms with Crippen LogP contribution in [0.2, 0.25) is 0 Å². The van der Waals surface area contributed by atoms with Gasteiger partial charge in [-0.15, -0.1) is 22.7 Å². The van der Waals surface area contributed by atoms with Gasteiger partial charge in [-0.25, -0.2) is 13.8 Å². The lowest BCUT2D eigenvalue weighted by Gasteiger charge is -2.13. The average Bonchev–Trinajstić information content (AvgIpc) is 3.04. The molecule has 20 heavy (non-hydrogen) atoms. The summed E-state index contributed by atoms with van der Waals surface area (Å²) in [7, 11) is 0. The van der Waals surface area contributed by atoms with Gasteiger partial charge in [0, 0.05) is 5.38 Å². The lowest BCUT2D eigenvalue weighted by Crippen LogP contribution is -2.41. The van der Waals surface area contributed by atoms with Gasteiger partial charge in [0.05, 0.1) is 21.8 Å². The van der Waals surface area contributed by atoms with E-state index in [1.165, 1.54) is 22.7 Å². The average molecular weight is 382 g/mol. The highest BCUT2D eigenvalue weighted by Crippen LogP contribution is 2.33. The quantitative estimate of drug-likeness (QED) is 0.836. The highest BCUT2D eigenvalue weighted by Gasteiger charge is 2.27. The molecule has 0 saturated heterocycles. The Morgan fingerprint density at radius 1 is 1.50 bits per heavy atom. The van der Waals surface area contributed by atoms with Crippen molar-refractivity contribution in [1.82, 2.24) is 10.3 Å². The molecule has 0 aliphatic rings.